The maximum atomic E-state index is 5.86. The van der Waals surface area contributed by atoms with Crippen LogP contribution in [0.1, 0.15) is 17.7 Å². The molecule has 3 aromatic rings. The Morgan fingerprint density at radius 1 is 1.11 bits per heavy atom. The Morgan fingerprint density at radius 2 is 2.05 bits per heavy atom. The highest BCUT2D eigenvalue weighted by atomic mass is 15.3. The van der Waals surface area contributed by atoms with Gasteiger partial charge in [-0.25, -0.2) is 9.67 Å². The zero-order valence-electron chi connectivity index (χ0n) is 10.5. The average Bonchev–Trinajstić information content (AvgIpc) is 3.03. The second kappa shape index (κ2) is 3.82. The molecule has 0 unspecified atom stereocenters. The summed E-state index contributed by atoms with van der Waals surface area (Å²) in [5.74, 6) is 0.876. The fourth-order valence-electron chi connectivity index (χ4n) is 2.74. The van der Waals surface area contributed by atoms with Crippen LogP contribution in [0.15, 0.2) is 36.5 Å². The van der Waals surface area contributed by atoms with Gasteiger partial charge in [-0.15, -0.1) is 0 Å². The van der Waals surface area contributed by atoms with Gasteiger partial charge in [0.05, 0.1) is 11.7 Å². The van der Waals surface area contributed by atoms with E-state index in [1.165, 1.54) is 17.7 Å². The largest absolute Gasteiger partial charge is 0.399 e. The van der Waals surface area contributed by atoms with Crippen molar-refractivity contribution >= 4 is 16.6 Å². The molecule has 1 aliphatic carbocycles. The molecule has 94 valence electrons. The molecule has 0 fully saturated rings. The lowest BCUT2D eigenvalue weighted by atomic mass is 10.2. The third-order valence-electron chi connectivity index (χ3n) is 3.73. The van der Waals surface area contributed by atoms with Crippen molar-refractivity contribution < 1.29 is 0 Å². The van der Waals surface area contributed by atoms with Gasteiger partial charge in [0, 0.05) is 16.8 Å². The maximum Gasteiger partial charge on any atom is 0.154 e. The average molecular weight is 250 g/mol. The first-order chi connectivity index (χ1) is 9.31. The van der Waals surface area contributed by atoms with Gasteiger partial charge in [-0.2, -0.15) is 5.10 Å². The lowest BCUT2D eigenvalue weighted by Gasteiger charge is -2.05. The van der Waals surface area contributed by atoms with Crippen LogP contribution in [0.3, 0.4) is 0 Å². The number of nitrogen functional groups attached to an aromatic ring is 1. The van der Waals surface area contributed by atoms with E-state index in [0.717, 1.165) is 35.2 Å². The molecule has 0 radical (unpaired) electrons. The van der Waals surface area contributed by atoms with Crippen LogP contribution in [0.4, 0.5) is 5.69 Å². The van der Waals surface area contributed by atoms with Gasteiger partial charge in [0.2, 0.25) is 0 Å². The van der Waals surface area contributed by atoms with E-state index in [9.17, 15) is 0 Å². The minimum Gasteiger partial charge on any atom is -0.399 e. The number of aryl methyl sites for hydroxylation is 2. The fraction of sp³-hybridized carbons (Fsp3) is 0.200. The quantitative estimate of drug-likeness (QED) is 0.675. The number of fused-ring (bicyclic) bond motifs is 2. The van der Waals surface area contributed by atoms with Gasteiger partial charge in [0.15, 0.2) is 5.82 Å². The molecule has 2 aromatic heterocycles. The van der Waals surface area contributed by atoms with E-state index < -0.39 is 0 Å². The number of pyridine rings is 1. The maximum absolute atomic E-state index is 5.86. The first-order valence-electron chi connectivity index (χ1n) is 6.54. The summed E-state index contributed by atoms with van der Waals surface area (Å²) in [6.07, 6.45) is 5.28. The smallest absolute Gasteiger partial charge is 0.154 e. The number of rotatable bonds is 1. The molecule has 19 heavy (non-hydrogen) atoms. The van der Waals surface area contributed by atoms with Crippen molar-refractivity contribution in [2.24, 2.45) is 0 Å². The summed E-state index contributed by atoms with van der Waals surface area (Å²) >= 11 is 0. The number of benzene rings is 1. The molecule has 1 aromatic carbocycles. The standard InChI is InChI=1S/C15H14N4/c16-12-6-4-11-9-17-19(14(11)8-12)15-7-5-10-2-1-3-13(10)18-15/h4-9H,1-3,16H2. The topological polar surface area (TPSA) is 56.7 Å². The van der Waals surface area contributed by atoms with Crippen LogP contribution in [0.2, 0.25) is 0 Å². The van der Waals surface area contributed by atoms with Crippen LogP contribution in [-0.4, -0.2) is 14.8 Å². The van der Waals surface area contributed by atoms with Crippen molar-refractivity contribution in [1.29, 1.82) is 0 Å². The third-order valence-corrected chi connectivity index (χ3v) is 3.73. The van der Waals surface area contributed by atoms with Gasteiger partial charge in [-0.3, -0.25) is 0 Å². The minimum absolute atomic E-state index is 0.746. The summed E-state index contributed by atoms with van der Waals surface area (Å²) in [7, 11) is 0. The lowest BCUT2D eigenvalue weighted by molar-refractivity contribution is 0.853. The number of nitrogens with two attached hydrogens (primary N) is 1. The van der Waals surface area contributed by atoms with E-state index >= 15 is 0 Å². The van der Waals surface area contributed by atoms with Gasteiger partial charge < -0.3 is 5.73 Å². The summed E-state index contributed by atoms with van der Waals surface area (Å²) in [4.78, 5) is 4.74. The van der Waals surface area contributed by atoms with E-state index in [4.69, 9.17) is 10.7 Å². The van der Waals surface area contributed by atoms with E-state index in [-0.39, 0.29) is 0 Å². The highest BCUT2D eigenvalue weighted by Gasteiger charge is 2.14. The van der Waals surface area contributed by atoms with Crippen LogP contribution in [0, 0.1) is 0 Å². The highest BCUT2D eigenvalue weighted by Crippen LogP contribution is 2.24. The molecular formula is C15H14N4. The molecule has 0 aliphatic heterocycles. The molecule has 0 bridgehead atoms. The molecule has 0 atom stereocenters. The molecule has 4 heteroatoms. The molecule has 2 N–H and O–H groups in total. The normalized spacial score (nSPS) is 13.9. The van der Waals surface area contributed by atoms with Crippen molar-refractivity contribution in [3.8, 4) is 5.82 Å². The van der Waals surface area contributed by atoms with Crippen molar-refractivity contribution in [2.45, 2.75) is 19.3 Å². The molecule has 1 aliphatic rings. The zero-order valence-corrected chi connectivity index (χ0v) is 10.5. The second-order valence-corrected chi connectivity index (χ2v) is 5.00. The molecule has 0 saturated heterocycles. The number of anilines is 1. The first-order valence-corrected chi connectivity index (χ1v) is 6.54. The number of hydrogen-bond acceptors (Lipinski definition) is 3. The fourth-order valence-corrected chi connectivity index (χ4v) is 2.74. The molecule has 4 rings (SSSR count). The van der Waals surface area contributed by atoms with Crippen LogP contribution in [0.5, 0.6) is 0 Å². The Labute approximate surface area is 110 Å². The zero-order chi connectivity index (χ0) is 12.8. The van der Waals surface area contributed by atoms with Gasteiger partial charge in [-0.05, 0) is 49.1 Å². The number of aromatic nitrogens is 3. The van der Waals surface area contributed by atoms with E-state index in [2.05, 4.69) is 11.2 Å². The Balaban J connectivity index is 1.92. The third kappa shape index (κ3) is 1.60. The van der Waals surface area contributed by atoms with Crippen molar-refractivity contribution in [2.75, 3.05) is 5.73 Å². The second-order valence-electron chi connectivity index (χ2n) is 5.00. The monoisotopic (exact) mass is 250 g/mol. The van der Waals surface area contributed by atoms with Gasteiger partial charge >= 0.3 is 0 Å². The predicted octanol–water partition coefficient (Wildman–Crippen LogP) is 2.49. The summed E-state index contributed by atoms with van der Waals surface area (Å²) < 4.78 is 1.87. The molecule has 4 nitrogen and oxygen atoms in total. The van der Waals surface area contributed by atoms with E-state index in [1.54, 1.807) is 0 Å². The van der Waals surface area contributed by atoms with Crippen molar-refractivity contribution in [1.82, 2.24) is 14.8 Å². The Hall–Kier alpha value is -2.36. The summed E-state index contributed by atoms with van der Waals surface area (Å²) in [5, 5.41) is 5.51. The first kappa shape index (κ1) is 10.6. The van der Waals surface area contributed by atoms with E-state index in [1.807, 2.05) is 35.1 Å². The number of hydrogen-bond donors (Lipinski definition) is 1. The van der Waals surface area contributed by atoms with Crippen molar-refractivity contribution in [3.05, 3.63) is 47.8 Å². The van der Waals surface area contributed by atoms with Gasteiger partial charge in [-0.1, -0.05) is 6.07 Å². The molecule has 0 spiro atoms. The van der Waals surface area contributed by atoms with Crippen molar-refractivity contribution in [3.63, 3.8) is 0 Å². The predicted molar refractivity (Wildman–Crippen MR) is 75.3 cm³/mol. The summed E-state index contributed by atoms with van der Waals surface area (Å²) in [6.45, 7) is 0. The van der Waals surface area contributed by atoms with Gasteiger partial charge in [0.1, 0.15) is 0 Å². The highest BCUT2D eigenvalue weighted by molar-refractivity contribution is 5.83. The molecule has 2 heterocycles. The van der Waals surface area contributed by atoms with Crippen LogP contribution < -0.4 is 5.73 Å². The molecular weight excluding hydrogens is 236 g/mol. The Kier molecular flexibility index (Phi) is 2.12. The molecule has 0 saturated carbocycles. The lowest BCUT2D eigenvalue weighted by Crippen LogP contribution is -2.02. The van der Waals surface area contributed by atoms with Crippen LogP contribution in [-0.2, 0) is 12.8 Å². The Bertz CT molecular complexity index is 773. The van der Waals surface area contributed by atoms with Gasteiger partial charge in [0.25, 0.3) is 0 Å². The Morgan fingerprint density at radius 3 is 3.00 bits per heavy atom. The molecule has 0 amide bonds. The SMILES string of the molecule is Nc1ccc2cnn(-c3ccc4c(n3)CCC4)c2c1. The summed E-state index contributed by atoms with van der Waals surface area (Å²) in [5.41, 5.74) is 10.2. The summed E-state index contributed by atoms with van der Waals surface area (Å²) in [6, 6.07) is 10.0. The minimum atomic E-state index is 0.746. The van der Waals surface area contributed by atoms with Crippen LogP contribution >= 0.6 is 0 Å². The number of nitrogens with zero attached hydrogens (tertiary/aromatic N) is 3. The van der Waals surface area contributed by atoms with E-state index in [0.29, 0.717) is 0 Å². The van der Waals surface area contributed by atoms with Crippen LogP contribution in [0.25, 0.3) is 16.7 Å².